The minimum atomic E-state index is -0.400. The summed E-state index contributed by atoms with van der Waals surface area (Å²) in [5.74, 6) is 1.23. The molecule has 0 saturated heterocycles. The lowest BCUT2D eigenvalue weighted by molar-refractivity contribution is 0.245. The van der Waals surface area contributed by atoms with Crippen molar-refractivity contribution in [3.8, 4) is 17.2 Å². The third-order valence-corrected chi connectivity index (χ3v) is 3.11. The first-order valence-electron chi connectivity index (χ1n) is 7.28. The smallest absolute Gasteiger partial charge is 0.319 e. The molecule has 7 heteroatoms. The molecule has 0 aromatic heterocycles. The van der Waals surface area contributed by atoms with Gasteiger partial charge in [0.05, 0.1) is 20.8 Å². The largest absolute Gasteiger partial charge is 0.493 e. The molecular formula is C17H19FN2O4. The normalized spacial score (nSPS) is 9.96. The molecule has 0 atom stereocenters. The van der Waals surface area contributed by atoms with Crippen LogP contribution in [0.2, 0.25) is 0 Å². The van der Waals surface area contributed by atoms with E-state index in [2.05, 4.69) is 10.6 Å². The van der Waals surface area contributed by atoms with Gasteiger partial charge in [-0.2, -0.15) is 0 Å². The molecule has 6 nitrogen and oxygen atoms in total. The van der Waals surface area contributed by atoms with Gasteiger partial charge in [0.15, 0.2) is 11.5 Å². The molecule has 2 aromatic rings. The van der Waals surface area contributed by atoms with Crippen LogP contribution in [0, 0.1) is 5.82 Å². The number of carbonyl (C=O) groups excluding carboxylic acids is 1. The van der Waals surface area contributed by atoms with Gasteiger partial charge in [0, 0.05) is 5.69 Å². The second kappa shape index (κ2) is 8.61. The number of urea groups is 1. The topological polar surface area (TPSA) is 68.8 Å². The van der Waals surface area contributed by atoms with E-state index in [1.54, 1.807) is 25.3 Å². The molecule has 0 heterocycles. The van der Waals surface area contributed by atoms with Crippen LogP contribution in [-0.2, 0) is 0 Å². The number of benzene rings is 2. The SMILES string of the molecule is COc1cccc(OCCNC(=O)Nc2ccc(F)cc2)c1OC. The Labute approximate surface area is 139 Å². The van der Waals surface area contributed by atoms with Gasteiger partial charge in [0.2, 0.25) is 5.75 Å². The summed E-state index contributed by atoms with van der Waals surface area (Å²) in [6, 6.07) is 10.4. The highest BCUT2D eigenvalue weighted by atomic mass is 19.1. The number of carbonyl (C=O) groups is 1. The van der Waals surface area contributed by atoms with Crippen molar-refractivity contribution >= 4 is 11.7 Å². The van der Waals surface area contributed by atoms with Crippen molar-refractivity contribution in [2.24, 2.45) is 0 Å². The van der Waals surface area contributed by atoms with Gasteiger partial charge in [-0.15, -0.1) is 0 Å². The van der Waals surface area contributed by atoms with E-state index in [-0.39, 0.29) is 19.0 Å². The van der Waals surface area contributed by atoms with E-state index in [0.29, 0.717) is 22.9 Å². The summed E-state index contributed by atoms with van der Waals surface area (Å²) >= 11 is 0. The van der Waals surface area contributed by atoms with Crippen molar-refractivity contribution in [1.29, 1.82) is 0 Å². The fourth-order valence-corrected chi connectivity index (χ4v) is 2.01. The molecule has 2 amide bonds. The molecule has 128 valence electrons. The summed E-state index contributed by atoms with van der Waals surface area (Å²) in [4.78, 5) is 11.7. The molecule has 0 radical (unpaired) electrons. The predicted octanol–water partition coefficient (Wildman–Crippen LogP) is 3.04. The highest BCUT2D eigenvalue weighted by Gasteiger charge is 2.10. The molecule has 0 bridgehead atoms. The molecule has 0 fully saturated rings. The number of para-hydroxylation sites is 1. The predicted molar refractivity (Wildman–Crippen MR) is 88.5 cm³/mol. The quantitative estimate of drug-likeness (QED) is 0.764. The average molecular weight is 334 g/mol. The zero-order chi connectivity index (χ0) is 17.4. The highest BCUT2D eigenvalue weighted by Crippen LogP contribution is 2.36. The summed E-state index contributed by atoms with van der Waals surface area (Å²) in [7, 11) is 3.07. The summed E-state index contributed by atoms with van der Waals surface area (Å²) in [6.45, 7) is 0.535. The summed E-state index contributed by atoms with van der Waals surface area (Å²) in [6.07, 6.45) is 0. The minimum absolute atomic E-state index is 0.250. The van der Waals surface area contributed by atoms with Gasteiger partial charge >= 0.3 is 6.03 Å². The summed E-state index contributed by atoms with van der Waals surface area (Å²) < 4.78 is 28.8. The zero-order valence-electron chi connectivity index (χ0n) is 13.5. The third-order valence-electron chi connectivity index (χ3n) is 3.11. The molecule has 24 heavy (non-hydrogen) atoms. The second-order valence-electron chi connectivity index (χ2n) is 4.73. The van der Waals surface area contributed by atoms with Gasteiger partial charge in [-0.3, -0.25) is 0 Å². The second-order valence-corrected chi connectivity index (χ2v) is 4.73. The van der Waals surface area contributed by atoms with Crippen molar-refractivity contribution in [2.75, 3.05) is 32.7 Å². The first-order valence-corrected chi connectivity index (χ1v) is 7.28. The first-order chi connectivity index (χ1) is 11.6. The van der Waals surface area contributed by atoms with Gasteiger partial charge in [-0.1, -0.05) is 6.07 Å². The molecule has 2 N–H and O–H groups in total. The Morgan fingerprint density at radius 1 is 1.04 bits per heavy atom. The number of halogens is 1. The van der Waals surface area contributed by atoms with E-state index in [4.69, 9.17) is 14.2 Å². The van der Waals surface area contributed by atoms with E-state index < -0.39 is 6.03 Å². The molecule has 0 aliphatic carbocycles. The summed E-state index contributed by atoms with van der Waals surface area (Å²) in [5.41, 5.74) is 0.504. The van der Waals surface area contributed by atoms with Crippen molar-refractivity contribution in [3.05, 3.63) is 48.3 Å². The molecule has 0 spiro atoms. The van der Waals surface area contributed by atoms with Gasteiger partial charge in [-0.25, -0.2) is 9.18 Å². The van der Waals surface area contributed by atoms with Crippen molar-refractivity contribution in [2.45, 2.75) is 0 Å². The molecule has 0 unspecified atom stereocenters. The Morgan fingerprint density at radius 3 is 2.42 bits per heavy atom. The van der Waals surface area contributed by atoms with Gasteiger partial charge in [0.25, 0.3) is 0 Å². The lowest BCUT2D eigenvalue weighted by Crippen LogP contribution is -2.32. The summed E-state index contributed by atoms with van der Waals surface area (Å²) in [5, 5.41) is 5.23. The maximum Gasteiger partial charge on any atom is 0.319 e. The molecule has 0 aliphatic heterocycles. The maximum absolute atomic E-state index is 12.8. The number of methoxy groups -OCH3 is 2. The molecular weight excluding hydrogens is 315 g/mol. The number of anilines is 1. The van der Waals surface area contributed by atoms with Crippen molar-refractivity contribution in [3.63, 3.8) is 0 Å². The van der Waals surface area contributed by atoms with E-state index in [1.165, 1.54) is 31.4 Å². The minimum Gasteiger partial charge on any atom is -0.493 e. The van der Waals surface area contributed by atoms with Crippen LogP contribution in [0.25, 0.3) is 0 Å². The van der Waals surface area contributed by atoms with Crippen LogP contribution in [0.5, 0.6) is 17.2 Å². The number of hydrogen-bond acceptors (Lipinski definition) is 4. The lowest BCUT2D eigenvalue weighted by Gasteiger charge is -2.14. The lowest BCUT2D eigenvalue weighted by atomic mass is 10.3. The Morgan fingerprint density at radius 2 is 1.75 bits per heavy atom. The number of nitrogens with one attached hydrogen (secondary N) is 2. The number of ether oxygens (including phenoxy) is 3. The number of hydrogen-bond donors (Lipinski definition) is 2. The highest BCUT2D eigenvalue weighted by molar-refractivity contribution is 5.89. The zero-order valence-corrected chi connectivity index (χ0v) is 13.5. The van der Waals surface area contributed by atoms with Gasteiger partial charge in [-0.05, 0) is 36.4 Å². The number of amides is 2. The Balaban J connectivity index is 1.78. The van der Waals surface area contributed by atoms with Crippen molar-refractivity contribution < 1.29 is 23.4 Å². The van der Waals surface area contributed by atoms with Crippen LogP contribution in [0.15, 0.2) is 42.5 Å². The van der Waals surface area contributed by atoms with Gasteiger partial charge in [0.1, 0.15) is 12.4 Å². The van der Waals surface area contributed by atoms with E-state index in [9.17, 15) is 9.18 Å². The molecule has 0 saturated carbocycles. The molecule has 0 aliphatic rings. The van der Waals surface area contributed by atoms with Crippen LogP contribution >= 0.6 is 0 Å². The van der Waals surface area contributed by atoms with Crippen LogP contribution in [0.3, 0.4) is 0 Å². The fraction of sp³-hybridized carbons (Fsp3) is 0.235. The van der Waals surface area contributed by atoms with Crippen LogP contribution in [0.1, 0.15) is 0 Å². The third kappa shape index (κ3) is 4.77. The standard InChI is InChI=1S/C17H19FN2O4/c1-22-14-4-3-5-15(16(14)23-2)24-11-10-19-17(21)20-13-8-6-12(18)7-9-13/h3-9H,10-11H2,1-2H3,(H2,19,20,21). The van der Waals surface area contributed by atoms with Crippen LogP contribution < -0.4 is 24.8 Å². The Hall–Kier alpha value is -2.96. The molecule has 2 aromatic carbocycles. The van der Waals surface area contributed by atoms with Gasteiger partial charge < -0.3 is 24.8 Å². The van der Waals surface area contributed by atoms with Crippen LogP contribution in [-0.4, -0.2) is 33.4 Å². The van der Waals surface area contributed by atoms with E-state index in [0.717, 1.165) is 0 Å². The Kier molecular flexibility index (Phi) is 6.24. The monoisotopic (exact) mass is 334 g/mol. The number of rotatable bonds is 7. The maximum atomic E-state index is 12.8. The Bertz CT molecular complexity index is 677. The molecule has 2 rings (SSSR count). The van der Waals surface area contributed by atoms with Crippen molar-refractivity contribution in [1.82, 2.24) is 5.32 Å². The van der Waals surface area contributed by atoms with E-state index >= 15 is 0 Å². The first kappa shape index (κ1) is 17.4. The van der Waals surface area contributed by atoms with E-state index in [1.807, 2.05) is 0 Å². The fourth-order valence-electron chi connectivity index (χ4n) is 2.01. The average Bonchev–Trinajstić information content (AvgIpc) is 2.60. The van der Waals surface area contributed by atoms with Crippen LogP contribution in [0.4, 0.5) is 14.9 Å².